The quantitative estimate of drug-likeness (QED) is 0.867. The summed E-state index contributed by atoms with van der Waals surface area (Å²) in [5.74, 6) is 0.619. The maximum Gasteiger partial charge on any atom is 0.136 e. The van der Waals surface area contributed by atoms with E-state index in [9.17, 15) is 0 Å². The number of benzene rings is 1. The molecule has 0 amide bonds. The lowest BCUT2D eigenvalue weighted by atomic mass is 9.75. The Morgan fingerprint density at radius 1 is 1.32 bits per heavy atom. The summed E-state index contributed by atoms with van der Waals surface area (Å²) in [6.45, 7) is 2.21. The molecule has 0 bridgehead atoms. The first-order valence-electron chi connectivity index (χ1n) is 7.10. The Balaban J connectivity index is 1.80. The number of hydrogen-bond acceptors (Lipinski definition) is 3. The Bertz CT molecular complexity index is 462. The van der Waals surface area contributed by atoms with Crippen molar-refractivity contribution in [2.75, 3.05) is 0 Å². The van der Waals surface area contributed by atoms with E-state index in [-0.39, 0.29) is 5.66 Å². The third-order valence-corrected chi connectivity index (χ3v) is 4.26. The summed E-state index contributed by atoms with van der Waals surface area (Å²) in [6.07, 6.45) is 9.83. The van der Waals surface area contributed by atoms with Gasteiger partial charge in [-0.2, -0.15) is 0 Å². The lowest BCUT2D eigenvalue weighted by Gasteiger charge is -2.43. The fraction of sp³-hybridized carbons (Fsp3) is 0.438. The van der Waals surface area contributed by atoms with Crippen molar-refractivity contribution in [3.05, 3.63) is 48.2 Å². The molecule has 2 aliphatic rings. The molecule has 1 heterocycles. The van der Waals surface area contributed by atoms with Crippen LogP contribution in [0.15, 0.2) is 47.6 Å². The molecule has 0 saturated heterocycles. The van der Waals surface area contributed by atoms with Crippen molar-refractivity contribution in [1.29, 1.82) is 0 Å². The van der Waals surface area contributed by atoms with Crippen molar-refractivity contribution >= 4 is 6.34 Å². The highest BCUT2D eigenvalue weighted by atomic mass is 15.2. The Hall–Kier alpha value is -1.61. The van der Waals surface area contributed by atoms with E-state index in [1.54, 1.807) is 0 Å². The van der Waals surface area contributed by atoms with E-state index < -0.39 is 0 Å². The van der Waals surface area contributed by atoms with Crippen molar-refractivity contribution in [2.24, 2.45) is 10.9 Å². The molecule has 2 atom stereocenters. The van der Waals surface area contributed by atoms with Gasteiger partial charge >= 0.3 is 0 Å². The van der Waals surface area contributed by atoms with Crippen LogP contribution in [0.5, 0.6) is 0 Å². The monoisotopic (exact) mass is 255 g/mol. The van der Waals surface area contributed by atoms with E-state index in [4.69, 9.17) is 4.99 Å². The topological polar surface area (TPSA) is 36.4 Å². The summed E-state index contributed by atoms with van der Waals surface area (Å²) in [7, 11) is 0. The predicted molar refractivity (Wildman–Crippen MR) is 78.8 cm³/mol. The Labute approximate surface area is 114 Å². The van der Waals surface area contributed by atoms with Crippen LogP contribution in [-0.2, 0) is 0 Å². The van der Waals surface area contributed by atoms with Gasteiger partial charge in [-0.05, 0) is 31.4 Å². The van der Waals surface area contributed by atoms with Gasteiger partial charge in [0.15, 0.2) is 0 Å². The van der Waals surface area contributed by atoms with E-state index >= 15 is 0 Å². The molecule has 0 radical (unpaired) electrons. The Morgan fingerprint density at radius 3 is 2.68 bits per heavy atom. The van der Waals surface area contributed by atoms with Crippen LogP contribution in [0.3, 0.4) is 0 Å². The summed E-state index contributed by atoms with van der Waals surface area (Å²) >= 11 is 0. The molecule has 1 saturated carbocycles. The van der Waals surface area contributed by atoms with Crippen LogP contribution < -0.4 is 10.6 Å². The molecule has 2 N–H and O–H groups in total. The average molecular weight is 255 g/mol. The van der Waals surface area contributed by atoms with Gasteiger partial charge in [-0.1, -0.05) is 36.8 Å². The van der Waals surface area contributed by atoms with Gasteiger partial charge in [-0.3, -0.25) is 5.32 Å². The van der Waals surface area contributed by atoms with Gasteiger partial charge in [0, 0.05) is 18.2 Å². The van der Waals surface area contributed by atoms with Gasteiger partial charge in [0.1, 0.15) is 5.66 Å². The van der Waals surface area contributed by atoms with E-state index in [0.29, 0.717) is 12.0 Å². The molecule has 1 fully saturated rings. The van der Waals surface area contributed by atoms with Gasteiger partial charge < -0.3 is 5.32 Å². The molecule has 3 heteroatoms. The first-order valence-corrected chi connectivity index (χ1v) is 7.10. The highest BCUT2D eigenvalue weighted by molar-refractivity contribution is 5.59. The second-order valence-electron chi connectivity index (χ2n) is 5.49. The summed E-state index contributed by atoms with van der Waals surface area (Å²) < 4.78 is 0. The molecule has 0 spiro atoms. The first kappa shape index (κ1) is 12.4. The standard InChI is InChI=1S/C16H21N3/c1-13(14-6-3-2-4-7-14)19-16(15-8-5-9-15)10-11-17-12-18-16/h2-4,6-7,10-13,15,19H,5,8-9H2,1H3,(H,17,18). The second kappa shape index (κ2) is 5.17. The molecule has 0 aromatic heterocycles. The molecule has 2 unspecified atom stereocenters. The van der Waals surface area contributed by atoms with Gasteiger partial charge in [0.2, 0.25) is 0 Å². The fourth-order valence-corrected chi connectivity index (χ4v) is 2.87. The molecule has 1 aromatic rings. The number of nitrogens with zero attached hydrogens (tertiary/aromatic N) is 1. The minimum Gasteiger partial charge on any atom is -0.353 e. The Kier molecular flexibility index (Phi) is 3.38. The van der Waals surface area contributed by atoms with Crippen molar-refractivity contribution < 1.29 is 0 Å². The lowest BCUT2D eigenvalue weighted by molar-refractivity contribution is 0.161. The van der Waals surface area contributed by atoms with Crippen LogP contribution in [0.1, 0.15) is 37.8 Å². The summed E-state index contributed by atoms with van der Waals surface area (Å²) in [5.41, 5.74) is 1.09. The van der Waals surface area contributed by atoms with Crippen molar-refractivity contribution in [1.82, 2.24) is 10.6 Å². The van der Waals surface area contributed by atoms with E-state index in [2.05, 4.69) is 54.0 Å². The lowest BCUT2D eigenvalue weighted by Crippen LogP contribution is -2.53. The van der Waals surface area contributed by atoms with Crippen LogP contribution in [0.25, 0.3) is 0 Å². The zero-order valence-corrected chi connectivity index (χ0v) is 11.3. The van der Waals surface area contributed by atoms with Crippen molar-refractivity contribution in [3.8, 4) is 0 Å². The average Bonchev–Trinajstić information content (AvgIpc) is 2.38. The Morgan fingerprint density at radius 2 is 2.11 bits per heavy atom. The normalized spacial score (nSPS) is 27.6. The predicted octanol–water partition coefficient (Wildman–Crippen LogP) is 2.98. The largest absolute Gasteiger partial charge is 0.353 e. The molecule has 1 aliphatic carbocycles. The number of rotatable bonds is 4. The SMILES string of the molecule is CC(NC1(C2CCC2)C=CNC=N1)c1ccccc1. The van der Waals surface area contributed by atoms with Crippen molar-refractivity contribution in [2.45, 2.75) is 37.9 Å². The van der Waals surface area contributed by atoms with Crippen LogP contribution >= 0.6 is 0 Å². The molecule has 1 aliphatic heterocycles. The smallest absolute Gasteiger partial charge is 0.136 e. The van der Waals surface area contributed by atoms with Gasteiger partial charge in [0.25, 0.3) is 0 Å². The maximum atomic E-state index is 4.71. The van der Waals surface area contributed by atoms with Crippen LogP contribution in [-0.4, -0.2) is 12.0 Å². The fourth-order valence-electron chi connectivity index (χ4n) is 2.87. The summed E-state index contributed by atoms with van der Waals surface area (Å²) in [5, 5.41) is 6.77. The molecule has 1 aromatic carbocycles. The van der Waals surface area contributed by atoms with Crippen LogP contribution in [0, 0.1) is 5.92 Å². The number of hydrogen-bond donors (Lipinski definition) is 2. The zero-order valence-electron chi connectivity index (χ0n) is 11.3. The minimum absolute atomic E-state index is 0.223. The molecular weight excluding hydrogens is 234 g/mol. The molecule has 100 valence electrons. The zero-order chi connectivity index (χ0) is 13.1. The third-order valence-electron chi connectivity index (χ3n) is 4.26. The first-order chi connectivity index (χ1) is 9.30. The van der Waals surface area contributed by atoms with E-state index in [1.807, 2.05) is 12.5 Å². The van der Waals surface area contributed by atoms with Gasteiger partial charge in [-0.25, -0.2) is 4.99 Å². The minimum atomic E-state index is -0.223. The highest BCUT2D eigenvalue weighted by Crippen LogP contribution is 2.39. The summed E-state index contributed by atoms with van der Waals surface area (Å²) in [6, 6.07) is 10.9. The molecule has 19 heavy (non-hydrogen) atoms. The van der Waals surface area contributed by atoms with Crippen LogP contribution in [0.4, 0.5) is 0 Å². The van der Waals surface area contributed by atoms with Crippen LogP contribution in [0.2, 0.25) is 0 Å². The van der Waals surface area contributed by atoms with Gasteiger partial charge in [0.05, 0.1) is 6.34 Å². The third kappa shape index (κ3) is 2.43. The van der Waals surface area contributed by atoms with Gasteiger partial charge in [-0.15, -0.1) is 0 Å². The van der Waals surface area contributed by atoms with E-state index in [1.165, 1.54) is 24.8 Å². The summed E-state index contributed by atoms with van der Waals surface area (Å²) in [4.78, 5) is 4.71. The van der Waals surface area contributed by atoms with Crippen molar-refractivity contribution in [3.63, 3.8) is 0 Å². The maximum absolute atomic E-state index is 4.71. The molecule has 3 nitrogen and oxygen atoms in total. The molecular formula is C16H21N3. The van der Waals surface area contributed by atoms with E-state index in [0.717, 1.165) is 0 Å². The second-order valence-corrected chi connectivity index (χ2v) is 5.49. The number of nitrogens with one attached hydrogen (secondary N) is 2. The molecule has 3 rings (SSSR count). The number of aliphatic imine (C=N–C) groups is 1. The highest BCUT2D eigenvalue weighted by Gasteiger charge is 2.41.